The van der Waals surface area contributed by atoms with Gasteiger partial charge in [0.2, 0.25) is 0 Å². The number of fused-ring (bicyclic) bond motifs is 1. The summed E-state index contributed by atoms with van der Waals surface area (Å²) in [6.07, 6.45) is 6.09. The largest absolute Gasteiger partial charge is 0.444 e. The first kappa shape index (κ1) is 15.7. The minimum absolute atomic E-state index is 0.206. The summed E-state index contributed by atoms with van der Waals surface area (Å²) in [7, 11) is 0. The van der Waals surface area contributed by atoms with Crippen LogP contribution in [0.15, 0.2) is 18.6 Å². The van der Waals surface area contributed by atoms with Crippen molar-refractivity contribution in [2.24, 2.45) is 0 Å². The number of nitrogens with zero attached hydrogens (tertiary/aromatic N) is 5. The molecule has 0 N–H and O–H groups in total. The Morgan fingerprint density at radius 2 is 2.13 bits per heavy atom. The minimum atomic E-state index is -0.477. The predicted octanol–water partition coefficient (Wildman–Crippen LogP) is 2.63. The van der Waals surface area contributed by atoms with Gasteiger partial charge in [-0.2, -0.15) is 10.1 Å². The quantitative estimate of drug-likeness (QED) is 0.808. The SMILES string of the molecule is CC(C)(C)OC(=O)N1CCCCC(c2ccnc3ncnn23)C1. The lowest BCUT2D eigenvalue weighted by molar-refractivity contribution is 0.0248. The third kappa shape index (κ3) is 3.60. The lowest BCUT2D eigenvalue weighted by Crippen LogP contribution is -2.39. The summed E-state index contributed by atoms with van der Waals surface area (Å²) >= 11 is 0. The molecule has 0 spiro atoms. The predicted molar refractivity (Wildman–Crippen MR) is 85.2 cm³/mol. The van der Waals surface area contributed by atoms with Gasteiger partial charge in [-0.1, -0.05) is 6.42 Å². The Kier molecular flexibility index (Phi) is 4.19. The standard InChI is InChI=1S/C16H23N5O2/c1-16(2,3)23-15(22)20-9-5-4-6-12(10-20)13-7-8-17-14-18-11-19-21(13)14/h7-8,11-12H,4-6,9-10H2,1-3H3. The smallest absolute Gasteiger partial charge is 0.410 e. The zero-order valence-electron chi connectivity index (χ0n) is 13.9. The lowest BCUT2D eigenvalue weighted by Gasteiger charge is -2.28. The molecule has 1 aliphatic rings. The molecule has 23 heavy (non-hydrogen) atoms. The molecule has 0 saturated carbocycles. The number of ether oxygens (including phenoxy) is 1. The molecule has 1 atom stereocenters. The van der Waals surface area contributed by atoms with Crippen LogP contribution in [0.2, 0.25) is 0 Å². The van der Waals surface area contributed by atoms with Crippen LogP contribution in [0.25, 0.3) is 5.78 Å². The Morgan fingerprint density at radius 3 is 2.91 bits per heavy atom. The van der Waals surface area contributed by atoms with Crippen molar-refractivity contribution in [1.29, 1.82) is 0 Å². The maximum absolute atomic E-state index is 12.4. The van der Waals surface area contributed by atoms with Crippen molar-refractivity contribution in [2.45, 2.75) is 51.6 Å². The number of aromatic nitrogens is 4. The van der Waals surface area contributed by atoms with E-state index in [4.69, 9.17) is 4.74 Å². The third-order valence-corrected chi connectivity index (χ3v) is 3.95. The maximum atomic E-state index is 12.4. The van der Waals surface area contributed by atoms with Crippen molar-refractivity contribution >= 4 is 11.9 Å². The normalized spacial score (nSPS) is 19.6. The van der Waals surface area contributed by atoms with Gasteiger partial charge in [-0.15, -0.1) is 0 Å². The summed E-state index contributed by atoms with van der Waals surface area (Å²) in [6.45, 7) is 7.04. The minimum Gasteiger partial charge on any atom is -0.444 e. The first-order chi connectivity index (χ1) is 10.9. The molecule has 0 radical (unpaired) electrons. The fraction of sp³-hybridized carbons (Fsp3) is 0.625. The Hall–Kier alpha value is -2.18. The van der Waals surface area contributed by atoms with E-state index in [1.807, 2.05) is 31.7 Å². The molecule has 2 aromatic rings. The van der Waals surface area contributed by atoms with Crippen LogP contribution in [0.5, 0.6) is 0 Å². The van der Waals surface area contributed by atoms with Crippen LogP contribution in [0.1, 0.15) is 51.6 Å². The number of rotatable bonds is 1. The number of likely N-dealkylation sites (tertiary alicyclic amines) is 1. The second-order valence-electron chi connectivity index (χ2n) is 6.96. The van der Waals surface area contributed by atoms with Gasteiger partial charge in [-0.05, 0) is 39.7 Å². The number of hydrogen-bond acceptors (Lipinski definition) is 5. The van der Waals surface area contributed by atoms with E-state index >= 15 is 0 Å². The van der Waals surface area contributed by atoms with Crippen LogP contribution in [0.3, 0.4) is 0 Å². The Bertz CT molecular complexity index is 691. The summed E-state index contributed by atoms with van der Waals surface area (Å²) in [4.78, 5) is 22.6. The Labute approximate surface area is 135 Å². The van der Waals surface area contributed by atoms with E-state index in [1.54, 1.807) is 10.7 Å². The molecule has 0 aliphatic carbocycles. The van der Waals surface area contributed by atoms with Gasteiger partial charge in [0.1, 0.15) is 11.9 Å². The summed E-state index contributed by atoms with van der Waals surface area (Å²) in [6, 6.07) is 1.96. The molecule has 3 heterocycles. The summed E-state index contributed by atoms with van der Waals surface area (Å²) in [5, 5.41) is 4.26. The highest BCUT2D eigenvalue weighted by atomic mass is 16.6. The van der Waals surface area contributed by atoms with E-state index in [9.17, 15) is 4.79 Å². The average Bonchev–Trinajstić information content (AvgIpc) is 2.81. The number of carbonyl (C=O) groups excluding carboxylic acids is 1. The van der Waals surface area contributed by atoms with Crippen molar-refractivity contribution in [2.75, 3.05) is 13.1 Å². The van der Waals surface area contributed by atoms with Crippen molar-refractivity contribution in [3.8, 4) is 0 Å². The fourth-order valence-corrected chi connectivity index (χ4v) is 2.94. The van der Waals surface area contributed by atoms with E-state index < -0.39 is 5.60 Å². The Morgan fingerprint density at radius 1 is 1.30 bits per heavy atom. The van der Waals surface area contributed by atoms with Gasteiger partial charge in [0.25, 0.3) is 5.78 Å². The monoisotopic (exact) mass is 317 g/mol. The van der Waals surface area contributed by atoms with Crippen LogP contribution in [0, 0.1) is 0 Å². The summed E-state index contributed by atoms with van der Waals surface area (Å²) in [5.41, 5.74) is 0.567. The van der Waals surface area contributed by atoms with Gasteiger partial charge in [-0.3, -0.25) is 0 Å². The molecule has 7 heteroatoms. The van der Waals surface area contributed by atoms with E-state index in [2.05, 4.69) is 15.1 Å². The molecule has 0 aromatic carbocycles. The van der Waals surface area contributed by atoms with Gasteiger partial charge in [0, 0.05) is 25.2 Å². The van der Waals surface area contributed by atoms with Crippen LogP contribution >= 0.6 is 0 Å². The molecular formula is C16H23N5O2. The first-order valence-electron chi connectivity index (χ1n) is 8.06. The third-order valence-electron chi connectivity index (χ3n) is 3.95. The average molecular weight is 317 g/mol. The molecule has 124 valence electrons. The van der Waals surface area contributed by atoms with Crippen LogP contribution in [-0.4, -0.2) is 49.3 Å². The number of carbonyl (C=O) groups is 1. The molecule has 1 saturated heterocycles. The molecule has 1 aliphatic heterocycles. The molecule has 0 bridgehead atoms. The van der Waals surface area contributed by atoms with Gasteiger partial charge in [-0.25, -0.2) is 14.3 Å². The molecule has 3 rings (SSSR count). The molecule has 1 fully saturated rings. The molecule has 2 aromatic heterocycles. The van der Waals surface area contributed by atoms with Crippen LogP contribution in [0.4, 0.5) is 4.79 Å². The van der Waals surface area contributed by atoms with Crippen molar-refractivity contribution in [1.82, 2.24) is 24.5 Å². The van der Waals surface area contributed by atoms with Gasteiger partial charge >= 0.3 is 6.09 Å². The molecule has 7 nitrogen and oxygen atoms in total. The molecule has 1 unspecified atom stereocenters. The summed E-state index contributed by atoms with van der Waals surface area (Å²) < 4.78 is 7.30. The van der Waals surface area contributed by atoms with E-state index in [0.717, 1.165) is 31.5 Å². The lowest BCUT2D eigenvalue weighted by atomic mass is 9.99. The van der Waals surface area contributed by atoms with Crippen LogP contribution < -0.4 is 0 Å². The second kappa shape index (κ2) is 6.14. The molecule has 1 amide bonds. The van der Waals surface area contributed by atoms with E-state index in [1.165, 1.54) is 6.33 Å². The van der Waals surface area contributed by atoms with E-state index in [-0.39, 0.29) is 12.0 Å². The highest BCUT2D eigenvalue weighted by molar-refractivity contribution is 5.68. The van der Waals surface area contributed by atoms with E-state index in [0.29, 0.717) is 12.3 Å². The fourth-order valence-electron chi connectivity index (χ4n) is 2.94. The number of amides is 1. The second-order valence-corrected chi connectivity index (χ2v) is 6.96. The number of hydrogen-bond donors (Lipinski definition) is 0. The van der Waals surface area contributed by atoms with Gasteiger partial charge < -0.3 is 9.64 Å². The van der Waals surface area contributed by atoms with Crippen molar-refractivity contribution in [3.63, 3.8) is 0 Å². The topological polar surface area (TPSA) is 72.6 Å². The summed E-state index contributed by atoms with van der Waals surface area (Å²) in [5.74, 6) is 0.799. The van der Waals surface area contributed by atoms with Crippen LogP contribution in [-0.2, 0) is 4.74 Å². The molecular weight excluding hydrogens is 294 g/mol. The Balaban J connectivity index is 1.82. The van der Waals surface area contributed by atoms with Gasteiger partial charge in [0.15, 0.2) is 0 Å². The zero-order chi connectivity index (χ0) is 16.4. The maximum Gasteiger partial charge on any atom is 0.410 e. The highest BCUT2D eigenvalue weighted by Gasteiger charge is 2.28. The highest BCUT2D eigenvalue weighted by Crippen LogP contribution is 2.27. The van der Waals surface area contributed by atoms with Crippen molar-refractivity contribution < 1.29 is 9.53 Å². The van der Waals surface area contributed by atoms with Crippen molar-refractivity contribution in [3.05, 3.63) is 24.3 Å². The van der Waals surface area contributed by atoms with Gasteiger partial charge in [0.05, 0.1) is 5.69 Å². The zero-order valence-corrected chi connectivity index (χ0v) is 13.9. The first-order valence-corrected chi connectivity index (χ1v) is 8.06.